The van der Waals surface area contributed by atoms with Crippen LogP contribution < -0.4 is 10.6 Å². The molecule has 0 radical (unpaired) electrons. The molecule has 1 aliphatic carbocycles. The highest BCUT2D eigenvalue weighted by Gasteiger charge is 2.40. The summed E-state index contributed by atoms with van der Waals surface area (Å²) in [5, 5.41) is 6.31. The van der Waals surface area contributed by atoms with Gasteiger partial charge in [-0.3, -0.25) is 0 Å². The Kier molecular flexibility index (Phi) is 5.81. The van der Waals surface area contributed by atoms with E-state index in [0.717, 1.165) is 38.8 Å². The predicted octanol–water partition coefficient (Wildman–Crippen LogP) is 2.65. The molecule has 0 aromatic rings. The summed E-state index contributed by atoms with van der Waals surface area (Å²) >= 11 is 0. The molecule has 3 aliphatic rings. The molecule has 132 valence electrons. The molecule has 5 nitrogen and oxygen atoms in total. The summed E-state index contributed by atoms with van der Waals surface area (Å²) < 4.78 is 6.04. The van der Waals surface area contributed by atoms with E-state index < -0.39 is 0 Å². The van der Waals surface area contributed by atoms with Gasteiger partial charge in [-0.25, -0.2) is 4.79 Å². The number of nitrogens with zero attached hydrogens (tertiary/aromatic N) is 1. The van der Waals surface area contributed by atoms with E-state index >= 15 is 0 Å². The van der Waals surface area contributed by atoms with E-state index in [-0.39, 0.29) is 23.7 Å². The molecule has 2 amide bonds. The van der Waals surface area contributed by atoms with Crippen LogP contribution in [-0.4, -0.2) is 54.9 Å². The van der Waals surface area contributed by atoms with Crippen LogP contribution in [0.2, 0.25) is 0 Å². The van der Waals surface area contributed by atoms with Crippen LogP contribution in [0.4, 0.5) is 4.79 Å². The number of ether oxygens (including phenoxy) is 1. The highest BCUT2D eigenvalue weighted by atomic mass is 16.5. The molecular weight excluding hydrogens is 290 g/mol. The maximum Gasteiger partial charge on any atom is 0.315 e. The van der Waals surface area contributed by atoms with E-state index in [1.165, 1.54) is 45.2 Å². The molecule has 5 heteroatoms. The molecular formula is C18H33N3O2. The van der Waals surface area contributed by atoms with E-state index in [0.29, 0.717) is 0 Å². The van der Waals surface area contributed by atoms with Crippen molar-refractivity contribution in [3.63, 3.8) is 0 Å². The predicted molar refractivity (Wildman–Crippen MR) is 91.6 cm³/mol. The van der Waals surface area contributed by atoms with Crippen LogP contribution >= 0.6 is 0 Å². The second-order valence-electron chi connectivity index (χ2n) is 7.81. The number of likely N-dealkylation sites (tertiary alicyclic amines) is 1. The van der Waals surface area contributed by atoms with Crippen LogP contribution in [0.15, 0.2) is 0 Å². The zero-order valence-corrected chi connectivity index (χ0v) is 14.6. The van der Waals surface area contributed by atoms with Gasteiger partial charge in [0.05, 0.1) is 5.60 Å². The molecule has 23 heavy (non-hydrogen) atoms. The van der Waals surface area contributed by atoms with E-state index in [1.54, 1.807) is 0 Å². The Balaban J connectivity index is 1.39. The first-order valence-corrected chi connectivity index (χ1v) is 9.59. The van der Waals surface area contributed by atoms with Gasteiger partial charge in [-0.05, 0) is 58.5 Å². The third kappa shape index (κ3) is 4.83. The van der Waals surface area contributed by atoms with Crippen molar-refractivity contribution in [1.29, 1.82) is 0 Å². The lowest BCUT2D eigenvalue weighted by Crippen LogP contribution is -2.53. The molecule has 3 rings (SSSR count). The van der Waals surface area contributed by atoms with E-state index in [9.17, 15) is 4.79 Å². The molecule has 2 aliphatic heterocycles. The molecule has 1 saturated carbocycles. The van der Waals surface area contributed by atoms with Crippen molar-refractivity contribution in [2.24, 2.45) is 0 Å². The summed E-state index contributed by atoms with van der Waals surface area (Å²) in [4.78, 5) is 14.8. The first kappa shape index (κ1) is 17.0. The maximum atomic E-state index is 12.3. The van der Waals surface area contributed by atoms with Crippen molar-refractivity contribution >= 4 is 6.03 Å². The molecule has 2 N–H and O–H groups in total. The largest absolute Gasteiger partial charge is 0.375 e. The van der Waals surface area contributed by atoms with Crippen molar-refractivity contribution in [2.75, 3.05) is 26.2 Å². The van der Waals surface area contributed by atoms with Crippen molar-refractivity contribution in [2.45, 2.75) is 82.4 Å². The number of hydrogen-bond acceptors (Lipinski definition) is 3. The van der Waals surface area contributed by atoms with Crippen LogP contribution in [0.5, 0.6) is 0 Å². The molecule has 3 fully saturated rings. The number of urea groups is 1. The highest BCUT2D eigenvalue weighted by Crippen LogP contribution is 2.39. The number of carbonyl (C=O) groups excluding carboxylic acids is 1. The quantitative estimate of drug-likeness (QED) is 0.836. The minimum atomic E-state index is -0.00504. The number of carbonyl (C=O) groups is 1. The lowest BCUT2D eigenvalue weighted by molar-refractivity contribution is -0.0820. The Bertz CT molecular complexity index is 390. The molecule has 2 heterocycles. The van der Waals surface area contributed by atoms with Crippen LogP contribution in [-0.2, 0) is 4.74 Å². The summed E-state index contributed by atoms with van der Waals surface area (Å²) in [6.07, 6.45) is 10.7. The molecule has 0 unspecified atom stereocenters. The summed E-state index contributed by atoms with van der Waals surface area (Å²) in [6, 6.07) is 0.465. The van der Waals surface area contributed by atoms with Gasteiger partial charge in [-0.1, -0.05) is 19.3 Å². The lowest BCUT2D eigenvalue weighted by atomic mass is 9.89. The normalized spacial score (nSPS) is 29.3. The van der Waals surface area contributed by atoms with Crippen molar-refractivity contribution < 1.29 is 9.53 Å². The average Bonchev–Trinajstić information content (AvgIpc) is 2.95. The van der Waals surface area contributed by atoms with Gasteiger partial charge >= 0.3 is 6.03 Å². The van der Waals surface area contributed by atoms with Crippen LogP contribution in [0.1, 0.15) is 64.7 Å². The number of piperidine rings is 1. The van der Waals surface area contributed by atoms with Crippen LogP contribution in [0.3, 0.4) is 0 Å². The smallest absolute Gasteiger partial charge is 0.315 e. The van der Waals surface area contributed by atoms with Gasteiger partial charge < -0.3 is 20.3 Å². The molecule has 0 aromatic carbocycles. The minimum absolute atomic E-state index is 0.00504. The number of rotatable bonds is 4. The van der Waals surface area contributed by atoms with Gasteiger partial charge in [0.15, 0.2) is 0 Å². The highest BCUT2D eigenvalue weighted by molar-refractivity contribution is 5.74. The fourth-order valence-electron chi connectivity index (χ4n) is 4.54. The lowest BCUT2D eigenvalue weighted by Gasteiger charge is -2.38. The van der Waals surface area contributed by atoms with Gasteiger partial charge in [0, 0.05) is 25.2 Å². The fraction of sp³-hybridized carbons (Fsp3) is 0.944. The Hall–Kier alpha value is -0.810. The SMILES string of the molecule is C[C@H](CN1CCCCC1)NC(=O)N[C@@H]1CCOC2(CCCC2)C1. The van der Waals surface area contributed by atoms with E-state index in [4.69, 9.17) is 4.74 Å². The number of amides is 2. The van der Waals surface area contributed by atoms with Gasteiger partial charge in [-0.15, -0.1) is 0 Å². The standard InChI is InChI=1S/C18H33N3O2/c1-15(14-21-10-5-2-6-11-21)19-17(22)20-16-7-12-23-18(13-16)8-3-4-9-18/h15-16H,2-14H2,1H3,(H2,19,20,22)/t15-,16-/m1/s1. The maximum absolute atomic E-state index is 12.3. The molecule has 0 aromatic heterocycles. The van der Waals surface area contributed by atoms with Gasteiger partial charge in [0.2, 0.25) is 0 Å². The van der Waals surface area contributed by atoms with Gasteiger partial charge in [-0.2, -0.15) is 0 Å². The number of nitrogens with one attached hydrogen (secondary N) is 2. The molecule has 0 bridgehead atoms. The zero-order valence-electron chi connectivity index (χ0n) is 14.6. The summed E-state index contributed by atoms with van der Waals surface area (Å²) in [7, 11) is 0. The summed E-state index contributed by atoms with van der Waals surface area (Å²) in [5.74, 6) is 0. The average molecular weight is 323 g/mol. The third-order valence-electron chi connectivity index (χ3n) is 5.70. The first-order valence-electron chi connectivity index (χ1n) is 9.59. The Morgan fingerprint density at radius 2 is 1.96 bits per heavy atom. The first-order chi connectivity index (χ1) is 11.2. The zero-order chi connectivity index (χ0) is 16.1. The second kappa shape index (κ2) is 7.84. The molecule has 2 atom stereocenters. The topological polar surface area (TPSA) is 53.6 Å². The van der Waals surface area contributed by atoms with Gasteiger partial charge in [0.1, 0.15) is 0 Å². The van der Waals surface area contributed by atoms with E-state index in [2.05, 4.69) is 22.5 Å². The fourth-order valence-corrected chi connectivity index (χ4v) is 4.54. The van der Waals surface area contributed by atoms with Crippen molar-refractivity contribution in [1.82, 2.24) is 15.5 Å². The molecule has 1 spiro atoms. The Morgan fingerprint density at radius 3 is 2.70 bits per heavy atom. The Labute approximate surface area is 140 Å². The minimum Gasteiger partial charge on any atom is -0.375 e. The van der Waals surface area contributed by atoms with Gasteiger partial charge in [0.25, 0.3) is 0 Å². The van der Waals surface area contributed by atoms with Crippen LogP contribution in [0.25, 0.3) is 0 Å². The molecule has 2 saturated heterocycles. The Morgan fingerprint density at radius 1 is 1.22 bits per heavy atom. The van der Waals surface area contributed by atoms with Crippen molar-refractivity contribution in [3.05, 3.63) is 0 Å². The monoisotopic (exact) mass is 323 g/mol. The second-order valence-corrected chi connectivity index (χ2v) is 7.81. The van der Waals surface area contributed by atoms with E-state index in [1.807, 2.05) is 0 Å². The summed E-state index contributed by atoms with van der Waals surface area (Å²) in [6.45, 7) is 6.21. The third-order valence-corrected chi connectivity index (χ3v) is 5.70. The van der Waals surface area contributed by atoms with Crippen LogP contribution in [0, 0.1) is 0 Å². The summed E-state index contributed by atoms with van der Waals surface area (Å²) in [5.41, 5.74) is 0.0651. The number of hydrogen-bond donors (Lipinski definition) is 2. The van der Waals surface area contributed by atoms with Crippen molar-refractivity contribution in [3.8, 4) is 0 Å².